The Morgan fingerprint density at radius 3 is 2.40 bits per heavy atom. The molecule has 0 spiro atoms. The Hall–Kier alpha value is -4.46. The maximum Gasteiger partial charge on any atom is 0.416 e. The number of fused-ring (bicyclic) bond motifs is 1. The van der Waals surface area contributed by atoms with E-state index in [4.69, 9.17) is 5.11 Å². The van der Waals surface area contributed by atoms with Gasteiger partial charge in [0.2, 0.25) is 5.91 Å². The molecular weight excluding hydrogens is 627 g/mol. The van der Waals surface area contributed by atoms with E-state index in [9.17, 15) is 32.7 Å². The third-order valence-corrected chi connectivity index (χ3v) is 8.10. The normalized spacial score (nSPS) is 15.7. The fraction of sp³-hybridized carbons (Fsp3) is 0.400. The molecule has 0 saturated carbocycles. The van der Waals surface area contributed by atoms with Crippen molar-refractivity contribution < 1.29 is 37.8 Å². The van der Waals surface area contributed by atoms with Crippen molar-refractivity contribution in [2.75, 3.05) is 31.1 Å². The number of amides is 4. The minimum atomic E-state index is -4.57. The fourth-order valence-electron chi connectivity index (χ4n) is 5.45. The molecule has 13 heteroatoms. The van der Waals surface area contributed by atoms with Gasteiger partial charge in [0.25, 0.3) is 5.91 Å². The van der Waals surface area contributed by atoms with Gasteiger partial charge in [0, 0.05) is 36.4 Å². The van der Waals surface area contributed by atoms with Gasteiger partial charge in [-0.25, -0.2) is 4.79 Å². The lowest BCUT2D eigenvalue weighted by atomic mass is 9.98. The number of benzene rings is 3. The maximum absolute atomic E-state index is 14.0. The first-order valence-electron chi connectivity index (χ1n) is 15.8. The largest absolute Gasteiger partial charge is 0.416 e. The first-order valence-corrected chi connectivity index (χ1v) is 15.8. The SMILES string of the molecule is CCNC(=O)c1ccccc1-c1ccc(CN2C(=O)[C@H](NC(=O)NCC(C)(C)NC[C@H](O)CO)CCc3cc(C(F)(F)F)ccc32)cc1. The summed E-state index contributed by atoms with van der Waals surface area (Å²) in [5.74, 6) is -0.678. The molecule has 48 heavy (non-hydrogen) atoms. The zero-order chi connectivity index (χ0) is 35.1. The number of nitrogens with one attached hydrogen (secondary N) is 4. The van der Waals surface area contributed by atoms with Gasteiger partial charge in [-0.3, -0.25) is 9.59 Å². The third kappa shape index (κ3) is 9.33. The van der Waals surface area contributed by atoms with Gasteiger partial charge in [0.1, 0.15) is 6.04 Å². The van der Waals surface area contributed by atoms with Gasteiger partial charge < -0.3 is 36.4 Å². The predicted octanol–water partition coefficient (Wildman–Crippen LogP) is 3.99. The topological polar surface area (TPSA) is 143 Å². The highest BCUT2D eigenvalue weighted by Gasteiger charge is 2.35. The Bertz CT molecular complexity index is 1600. The first-order chi connectivity index (χ1) is 22.7. The van der Waals surface area contributed by atoms with Crippen LogP contribution in [0, 0.1) is 0 Å². The zero-order valence-electron chi connectivity index (χ0n) is 27.2. The molecule has 1 aliphatic rings. The van der Waals surface area contributed by atoms with E-state index in [1.165, 1.54) is 11.0 Å². The average molecular weight is 670 g/mol. The van der Waals surface area contributed by atoms with E-state index in [0.717, 1.165) is 23.3 Å². The van der Waals surface area contributed by atoms with Crippen molar-refractivity contribution in [3.63, 3.8) is 0 Å². The maximum atomic E-state index is 14.0. The predicted molar refractivity (Wildman–Crippen MR) is 176 cm³/mol. The van der Waals surface area contributed by atoms with E-state index in [1.807, 2.05) is 31.2 Å². The van der Waals surface area contributed by atoms with Gasteiger partial charge >= 0.3 is 12.2 Å². The zero-order valence-corrected chi connectivity index (χ0v) is 27.2. The molecule has 2 atom stereocenters. The van der Waals surface area contributed by atoms with E-state index in [-0.39, 0.29) is 38.4 Å². The number of hydrogen-bond donors (Lipinski definition) is 6. The first kappa shape index (κ1) is 36.4. The molecular formula is C35H42F3N5O5. The van der Waals surface area contributed by atoms with Crippen molar-refractivity contribution in [2.24, 2.45) is 0 Å². The number of hydrogen-bond acceptors (Lipinski definition) is 6. The third-order valence-electron chi connectivity index (χ3n) is 8.10. The van der Waals surface area contributed by atoms with Crippen molar-refractivity contribution in [3.05, 3.63) is 89.0 Å². The molecule has 1 aliphatic heterocycles. The number of β-amino-alcohol motifs (C(OH)–C–C–N with tert-alkyl or cyclic N) is 1. The van der Waals surface area contributed by atoms with Crippen LogP contribution in [0.15, 0.2) is 66.7 Å². The summed E-state index contributed by atoms with van der Waals surface area (Å²) < 4.78 is 40.9. The number of aryl methyl sites for hydroxylation is 1. The van der Waals surface area contributed by atoms with Crippen molar-refractivity contribution >= 4 is 23.5 Å². The lowest BCUT2D eigenvalue weighted by molar-refractivity contribution is -0.137. The summed E-state index contributed by atoms with van der Waals surface area (Å²) >= 11 is 0. The summed E-state index contributed by atoms with van der Waals surface area (Å²) in [6.45, 7) is 5.71. The average Bonchev–Trinajstić information content (AvgIpc) is 3.18. The lowest BCUT2D eigenvalue weighted by Gasteiger charge is -2.29. The van der Waals surface area contributed by atoms with Crippen LogP contribution < -0.4 is 26.2 Å². The quantitative estimate of drug-likeness (QED) is 0.172. The minimum absolute atomic E-state index is 0.0272. The molecule has 4 rings (SSSR count). The minimum Gasteiger partial charge on any atom is -0.394 e. The van der Waals surface area contributed by atoms with Crippen LogP contribution in [0.5, 0.6) is 0 Å². The number of carbonyl (C=O) groups is 3. The summed E-state index contributed by atoms with van der Waals surface area (Å²) in [6, 6.07) is 16.0. The van der Waals surface area contributed by atoms with Crippen LogP contribution in [0.3, 0.4) is 0 Å². The molecule has 0 fully saturated rings. The molecule has 0 bridgehead atoms. The highest BCUT2D eigenvalue weighted by molar-refractivity contribution is 6.01. The Morgan fingerprint density at radius 1 is 1.02 bits per heavy atom. The number of urea groups is 1. The number of anilines is 1. The van der Waals surface area contributed by atoms with E-state index in [1.54, 1.807) is 38.1 Å². The molecule has 3 aromatic rings. The van der Waals surface area contributed by atoms with Crippen molar-refractivity contribution in [2.45, 2.75) is 64.0 Å². The number of halogens is 3. The molecule has 0 radical (unpaired) electrons. The fourth-order valence-corrected chi connectivity index (χ4v) is 5.45. The number of alkyl halides is 3. The molecule has 0 saturated heterocycles. The summed E-state index contributed by atoms with van der Waals surface area (Å²) in [4.78, 5) is 40.9. The molecule has 0 aliphatic carbocycles. The molecule has 0 aromatic heterocycles. The molecule has 4 amide bonds. The van der Waals surface area contributed by atoms with E-state index >= 15 is 0 Å². The highest BCUT2D eigenvalue weighted by atomic mass is 19.4. The molecule has 3 aromatic carbocycles. The van der Waals surface area contributed by atoms with Crippen LogP contribution in [0.4, 0.5) is 23.7 Å². The smallest absolute Gasteiger partial charge is 0.394 e. The van der Waals surface area contributed by atoms with Crippen LogP contribution in [0.25, 0.3) is 11.1 Å². The van der Waals surface area contributed by atoms with Gasteiger partial charge in [0.05, 0.1) is 24.8 Å². The van der Waals surface area contributed by atoms with Crippen LogP contribution >= 0.6 is 0 Å². The van der Waals surface area contributed by atoms with Gasteiger partial charge in [-0.15, -0.1) is 0 Å². The van der Waals surface area contributed by atoms with Gasteiger partial charge in [-0.1, -0.05) is 42.5 Å². The number of aliphatic hydroxyl groups is 2. The van der Waals surface area contributed by atoms with E-state index in [0.29, 0.717) is 28.9 Å². The number of rotatable bonds is 12. The number of carbonyl (C=O) groups excluding carboxylic acids is 3. The van der Waals surface area contributed by atoms with Crippen molar-refractivity contribution in [3.8, 4) is 11.1 Å². The Labute approximate surface area is 277 Å². The van der Waals surface area contributed by atoms with Gasteiger partial charge in [-0.05, 0) is 80.1 Å². The van der Waals surface area contributed by atoms with Gasteiger partial charge in [0.15, 0.2) is 0 Å². The second-order valence-corrected chi connectivity index (χ2v) is 12.4. The second kappa shape index (κ2) is 15.6. The Morgan fingerprint density at radius 2 is 1.73 bits per heavy atom. The van der Waals surface area contributed by atoms with Crippen LogP contribution in [-0.2, 0) is 23.9 Å². The van der Waals surface area contributed by atoms with Crippen molar-refractivity contribution in [1.29, 1.82) is 0 Å². The molecule has 10 nitrogen and oxygen atoms in total. The summed E-state index contributed by atoms with van der Waals surface area (Å²) in [5.41, 5.74) is 1.88. The summed E-state index contributed by atoms with van der Waals surface area (Å²) in [6.07, 6.45) is -5.33. The number of nitrogens with zero attached hydrogens (tertiary/aromatic N) is 1. The molecule has 1 heterocycles. The van der Waals surface area contributed by atoms with Gasteiger partial charge in [-0.2, -0.15) is 13.2 Å². The Kier molecular flexibility index (Phi) is 11.8. The molecule has 258 valence electrons. The summed E-state index contributed by atoms with van der Waals surface area (Å²) in [5, 5.41) is 29.9. The summed E-state index contributed by atoms with van der Waals surface area (Å²) in [7, 11) is 0. The standard InChI is InChI=1S/C35H42F3N5O5/c1-4-39-31(46)28-8-6-5-7-27(28)23-11-9-22(10-12-23)19-43-30-16-14-25(35(36,37)38)17-24(30)13-15-29(32(43)47)42-33(48)40-21-34(2,3)41-18-26(45)20-44/h5-12,14,16-17,26,29,41,44-45H,4,13,15,18-21H2,1-3H3,(H,39,46)(H2,40,42,48)/t26-,29+/m0/s1. The molecule has 0 unspecified atom stereocenters. The Balaban J connectivity index is 1.56. The second-order valence-electron chi connectivity index (χ2n) is 12.4. The van der Waals surface area contributed by atoms with E-state index < -0.39 is 48.0 Å². The monoisotopic (exact) mass is 669 g/mol. The van der Waals surface area contributed by atoms with Crippen molar-refractivity contribution in [1.82, 2.24) is 21.3 Å². The van der Waals surface area contributed by atoms with Crippen LogP contribution in [0.2, 0.25) is 0 Å². The molecule has 6 N–H and O–H groups in total. The van der Waals surface area contributed by atoms with Crippen LogP contribution in [0.1, 0.15) is 54.2 Å². The lowest BCUT2D eigenvalue weighted by Crippen LogP contribution is -2.55. The number of aliphatic hydroxyl groups excluding tert-OH is 2. The van der Waals surface area contributed by atoms with Crippen LogP contribution in [-0.4, -0.2) is 72.0 Å². The highest BCUT2D eigenvalue weighted by Crippen LogP contribution is 2.36. The van der Waals surface area contributed by atoms with E-state index in [2.05, 4.69) is 21.3 Å².